The molecule has 108 valence electrons. The minimum atomic E-state index is -0.394. The molecule has 1 N–H and O–H groups in total. The molecule has 1 unspecified atom stereocenters. The average Bonchev–Trinajstić information content (AvgIpc) is 2.87. The zero-order valence-corrected chi connectivity index (χ0v) is 12.4. The number of nitrogens with zero attached hydrogens (tertiary/aromatic N) is 3. The van der Waals surface area contributed by atoms with Crippen molar-refractivity contribution in [2.24, 2.45) is 17.8 Å². The van der Waals surface area contributed by atoms with E-state index in [1.54, 1.807) is 6.20 Å². The Hall–Kier alpha value is -0.900. The van der Waals surface area contributed by atoms with Gasteiger partial charge in [-0.3, -0.25) is 0 Å². The summed E-state index contributed by atoms with van der Waals surface area (Å²) in [4.78, 5) is 0. The molecule has 0 spiro atoms. The van der Waals surface area contributed by atoms with Crippen LogP contribution in [-0.2, 0) is 6.54 Å². The largest absolute Gasteiger partial charge is 0.386 e. The molecule has 0 aliphatic heterocycles. The second kappa shape index (κ2) is 6.51. The summed E-state index contributed by atoms with van der Waals surface area (Å²) in [6.07, 6.45) is 7.10. The quantitative estimate of drug-likeness (QED) is 0.889. The van der Waals surface area contributed by atoms with Crippen molar-refractivity contribution in [3.8, 4) is 0 Å². The summed E-state index contributed by atoms with van der Waals surface area (Å²) in [6, 6.07) is 0. The third-order valence-electron chi connectivity index (χ3n) is 4.59. The Bertz CT molecular complexity index is 380. The first kappa shape index (κ1) is 14.5. The van der Waals surface area contributed by atoms with E-state index in [9.17, 15) is 5.11 Å². The number of aliphatic hydroxyl groups excluding tert-OH is 1. The second-order valence-corrected chi connectivity index (χ2v) is 6.25. The fourth-order valence-electron chi connectivity index (χ4n) is 3.25. The van der Waals surface area contributed by atoms with Crippen LogP contribution in [0.1, 0.15) is 64.7 Å². The average molecular weight is 265 g/mol. The first-order valence-corrected chi connectivity index (χ1v) is 7.70. The van der Waals surface area contributed by atoms with Crippen LogP contribution >= 0.6 is 0 Å². The molecule has 2 rings (SSSR count). The van der Waals surface area contributed by atoms with Crippen LogP contribution in [0, 0.1) is 17.8 Å². The number of aliphatic hydroxyl groups is 1. The lowest BCUT2D eigenvalue weighted by atomic mass is 9.75. The van der Waals surface area contributed by atoms with Crippen LogP contribution in [0.25, 0.3) is 0 Å². The zero-order valence-electron chi connectivity index (χ0n) is 12.4. The van der Waals surface area contributed by atoms with Gasteiger partial charge in [-0.25, -0.2) is 4.68 Å². The molecule has 1 fully saturated rings. The number of aromatic nitrogens is 3. The normalized spacial score (nSPS) is 25.7. The van der Waals surface area contributed by atoms with Crippen LogP contribution in [0.15, 0.2) is 6.20 Å². The molecule has 4 nitrogen and oxygen atoms in total. The standard InChI is InChI=1S/C15H27N3O/c1-4-9-18-14(10-16-17-18)15(19)13-7-5-12(6-8-13)11(2)3/h10-13,15,19H,4-9H2,1-3H3. The smallest absolute Gasteiger partial charge is 0.100 e. The van der Waals surface area contributed by atoms with Crippen LogP contribution in [0.2, 0.25) is 0 Å². The molecular weight excluding hydrogens is 238 g/mol. The van der Waals surface area contributed by atoms with Crippen molar-refractivity contribution in [1.82, 2.24) is 15.0 Å². The lowest BCUT2D eigenvalue weighted by Gasteiger charge is -2.33. The molecule has 1 aromatic rings. The number of rotatable bonds is 5. The third kappa shape index (κ3) is 3.35. The van der Waals surface area contributed by atoms with Crippen LogP contribution in [-0.4, -0.2) is 20.1 Å². The topological polar surface area (TPSA) is 50.9 Å². The predicted octanol–water partition coefficient (Wildman–Crippen LogP) is 3.18. The van der Waals surface area contributed by atoms with Gasteiger partial charge in [0, 0.05) is 6.54 Å². The Kier molecular flexibility index (Phi) is 4.97. The summed E-state index contributed by atoms with van der Waals surface area (Å²) in [7, 11) is 0. The van der Waals surface area contributed by atoms with E-state index in [2.05, 4.69) is 31.1 Å². The van der Waals surface area contributed by atoms with Crippen molar-refractivity contribution < 1.29 is 5.11 Å². The molecule has 1 aliphatic rings. The van der Waals surface area contributed by atoms with Crippen molar-refractivity contribution in [2.45, 2.75) is 65.5 Å². The van der Waals surface area contributed by atoms with E-state index in [0.29, 0.717) is 5.92 Å². The lowest BCUT2D eigenvalue weighted by molar-refractivity contribution is 0.0599. The SMILES string of the molecule is CCCn1nncc1C(O)C1CCC(C(C)C)CC1. The van der Waals surface area contributed by atoms with Gasteiger partial charge < -0.3 is 5.11 Å². The van der Waals surface area contributed by atoms with Crippen molar-refractivity contribution in [3.63, 3.8) is 0 Å². The van der Waals surface area contributed by atoms with Crippen molar-refractivity contribution in [2.75, 3.05) is 0 Å². The van der Waals surface area contributed by atoms with E-state index < -0.39 is 6.10 Å². The Morgan fingerprint density at radius 3 is 2.47 bits per heavy atom. The van der Waals surface area contributed by atoms with Crippen molar-refractivity contribution >= 4 is 0 Å². The molecule has 0 aromatic carbocycles. The van der Waals surface area contributed by atoms with Gasteiger partial charge in [-0.05, 0) is 49.9 Å². The third-order valence-corrected chi connectivity index (χ3v) is 4.59. The highest BCUT2D eigenvalue weighted by molar-refractivity contribution is 5.01. The predicted molar refractivity (Wildman–Crippen MR) is 75.6 cm³/mol. The van der Waals surface area contributed by atoms with Gasteiger partial charge >= 0.3 is 0 Å². The van der Waals surface area contributed by atoms with E-state index in [-0.39, 0.29) is 0 Å². The minimum Gasteiger partial charge on any atom is -0.386 e. The van der Waals surface area contributed by atoms with Crippen molar-refractivity contribution in [3.05, 3.63) is 11.9 Å². The van der Waals surface area contributed by atoms with E-state index in [0.717, 1.165) is 43.3 Å². The molecule has 1 aromatic heterocycles. The summed E-state index contributed by atoms with van der Waals surface area (Å²) in [5.41, 5.74) is 0.898. The maximum Gasteiger partial charge on any atom is 0.100 e. The van der Waals surface area contributed by atoms with Crippen LogP contribution in [0.5, 0.6) is 0 Å². The summed E-state index contributed by atoms with van der Waals surface area (Å²) < 4.78 is 1.86. The minimum absolute atomic E-state index is 0.379. The lowest BCUT2D eigenvalue weighted by Crippen LogP contribution is -2.24. The number of hydrogen-bond donors (Lipinski definition) is 1. The maximum atomic E-state index is 10.6. The summed E-state index contributed by atoms with van der Waals surface area (Å²) in [5, 5.41) is 18.6. The van der Waals surface area contributed by atoms with Gasteiger partial charge in [-0.1, -0.05) is 26.0 Å². The van der Waals surface area contributed by atoms with Gasteiger partial charge in [-0.15, -0.1) is 5.10 Å². The molecule has 1 saturated carbocycles. The highest BCUT2D eigenvalue weighted by Crippen LogP contribution is 2.39. The highest BCUT2D eigenvalue weighted by atomic mass is 16.3. The highest BCUT2D eigenvalue weighted by Gasteiger charge is 2.30. The number of aryl methyl sites for hydroxylation is 1. The zero-order chi connectivity index (χ0) is 13.8. The Morgan fingerprint density at radius 1 is 1.26 bits per heavy atom. The van der Waals surface area contributed by atoms with E-state index in [4.69, 9.17) is 0 Å². The summed E-state index contributed by atoms with van der Waals surface area (Å²) in [6.45, 7) is 7.57. The number of hydrogen-bond acceptors (Lipinski definition) is 3. The molecule has 19 heavy (non-hydrogen) atoms. The van der Waals surface area contributed by atoms with Gasteiger partial charge in [0.2, 0.25) is 0 Å². The molecule has 0 amide bonds. The van der Waals surface area contributed by atoms with Crippen LogP contribution in [0.4, 0.5) is 0 Å². The van der Waals surface area contributed by atoms with Crippen molar-refractivity contribution in [1.29, 1.82) is 0 Å². The van der Waals surface area contributed by atoms with E-state index in [1.165, 1.54) is 12.8 Å². The van der Waals surface area contributed by atoms with E-state index in [1.807, 2.05) is 4.68 Å². The molecule has 0 bridgehead atoms. The maximum absolute atomic E-state index is 10.6. The van der Waals surface area contributed by atoms with Gasteiger partial charge in [0.25, 0.3) is 0 Å². The van der Waals surface area contributed by atoms with E-state index >= 15 is 0 Å². The van der Waals surface area contributed by atoms with Gasteiger partial charge in [0.15, 0.2) is 0 Å². The Morgan fingerprint density at radius 2 is 1.89 bits per heavy atom. The van der Waals surface area contributed by atoms with Gasteiger partial charge in [0.05, 0.1) is 11.9 Å². The monoisotopic (exact) mass is 265 g/mol. The molecular formula is C15H27N3O. The van der Waals surface area contributed by atoms with Gasteiger partial charge in [0.1, 0.15) is 6.10 Å². The molecule has 1 heterocycles. The molecule has 4 heteroatoms. The molecule has 1 atom stereocenters. The molecule has 0 radical (unpaired) electrons. The Balaban J connectivity index is 1.97. The molecule has 1 aliphatic carbocycles. The first-order valence-electron chi connectivity index (χ1n) is 7.70. The summed E-state index contributed by atoms with van der Waals surface area (Å²) >= 11 is 0. The van der Waals surface area contributed by atoms with Crippen LogP contribution < -0.4 is 0 Å². The molecule has 0 saturated heterocycles. The van der Waals surface area contributed by atoms with Gasteiger partial charge in [-0.2, -0.15) is 0 Å². The fraction of sp³-hybridized carbons (Fsp3) is 0.867. The fourth-order valence-corrected chi connectivity index (χ4v) is 3.25. The summed E-state index contributed by atoms with van der Waals surface area (Å²) in [5.74, 6) is 1.98. The second-order valence-electron chi connectivity index (χ2n) is 6.25. The Labute approximate surface area is 116 Å². The first-order chi connectivity index (χ1) is 9.13. The van der Waals surface area contributed by atoms with Crippen LogP contribution in [0.3, 0.4) is 0 Å².